The molecule has 2 nitrogen and oxygen atoms in total. The Bertz CT molecular complexity index is 2240. The maximum absolute atomic E-state index is 15.0. The molecule has 0 N–H and O–H groups in total. The first-order valence-corrected chi connectivity index (χ1v) is 15.0. The predicted octanol–water partition coefficient (Wildman–Crippen LogP) is 13.1. The van der Waals surface area contributed by atoms with Crippen LogP contribution in [0.5, 0.6) is 0 Å². The zero-order chi connectivity index (χ0) is 43.0. The zero-order valence-electron chi connectivity index (χ0n) is 27.1. The highest BCUT2D eigenvalue weighted by Gasteiger charge is 2.38. The lowest BCUT2D eigenvalue weighted by Crippen LogP contribution is -2.21. The molecule has 0 bridgehead atoms. The van der Waals surface area contributed by atoms with E-state index >= 15 is 35.1 Å². The Hall–Kier alpha value is -6.48. The molecule has 6 rings (SSSR count). The Morgan fingerprint density at radius 1 is 0.190 bits per heavy atom. The van der Waals surface area contributed by atoms with Gasteiger partial charge in [0.15, 0.2) is 93.1 Å². The number of rotatable bonds is 7. The van der Waals surface area contributed by atoms with Crippen molar-refractivity contribution < 1.29 is 87.8 Å². The average Bonchev–Trinajstić information content (AvgIpc) is 3.22. The average molecular weight is 848 g/mol. The highest BCUT2D eigenvalue weighted by Crippen LogP contribution is 2.46. The summed E-state index contributed by atoms with van der Waals surface area (Å²) in [5.74, 6) is -55.4. The van der Waals surface area contributed by atoms with Crippen molar-refractivity contribution in [3.63, 3.8) is 0 Å². The minimum atomic E-state index is -2.80. The van der Waals surface area contributed by atoms with Crippen LogP contribution in [0.15, 0.2) is 48.5 Å². The summed E-state index contributed by atoms with van der Waals surface area (Å²) >= 11 is 0. The Kier molecular flexibility index (Phi) is 10.5. The van der Waals surface area contributed by atoms with Crippen LogP contribution < -0.4 is 9.80 Å². The van der Waals surface area contributed by atoms with Crippen LogP contribution in [0.2, 0.25) is 0 Å². The van der Waals surface area contributed by atoms with Crippen molar-refractivity contribution >= 4 is 34.1 Å². The highest BCUT2D eigenvalue weighted by atomic mass is 19.2. The van der Waals surface area contributed by atoms with Crippen molar-refractivity contribution in [2.75, 3.05) is 9.80 Å². The summed E-state index contributed by atoms with van der Waals surface area (Å²) in [5, 5.41) is 0. The molecule has 0 saturated carbocycles. The molecule has 0 aliphatic carbocycles. The van der Waals surface area contributed by atoms with E-state index in [1.807, 2.05) is 0 Å². The third kappa shape index (κ3) is 6.16. The smallest absolute Gasteiger partial charge is 0.200 e. The summed E-state index contributed by atoms with van der Waals surface area (Å²) < 4.78 is 289. The number of hydrogen-bond donors (Lipinski definition) is 0. The minimum Gasteiger partial charge on any atom is -0.300 e. The number of anilines is 6. The summed E-state index contributed by atoms with van der Waals surface area (Å²) in [4.78, 5) is -1.10. The maximum atomic E-state index is 15.0. The van der Waals surface area contributed by atoms with Gasteiger partial charge >= 0.3 is 0 Å². The number of nitrogens with zero attached hydrogens (tertiary/aromatic N) is 2. The molecule has 6 aromatic rings. The molecule has 58 heavy (non-hydrogen) atoms. The van der Waals surface area contributed by atoms with E-state index in [1.165, 1.54) is 0 Å². The van der Waals surface area contributed by atoms with Crippen molar-refractivity contribution in [2.45, 2.75) is 0 Å². The Balaban J connectivity index is 1.52. The number of hydrogen-bond acceptors (Lipinski definition) is 2. The molecular weight excluding hydrogens is 840 g/mol. The normalized spacial score (nSPS) is 11.4. The van der Waals surface area contributed by atoms with Gasteiger partial charge in [-0.05, 0) is 35.4 Å². The fourth-order valence-electron chi connectivity index (χ4n) is 5.50. The first-order valence-electron chi connectivity index (χ1n) is 15.0. The maximum Gasteiger partial charge on any atom is 0.200 e. The molecule has 0 amide bonds. The fraction of sp³-hybridized carbons (Fsp3) is 0. The van der Waals surface area contributed by atoms with E-state index in [4.69, 9.17) is 0 Å². The van der Waals surface area contributed by atoms with Gasteiger partial charge < -0.3 is 0 Å². The van der Waals surface area contributed by atoms with Gasteiger partial charge in [-0.3, -0.25) is 9.80 Å². The van der Waals surface area contributed by atoms with Crippen molar-refractivity contribution in [1.29, 1.82) is 0 Å². The molecule has 22 heteroatoms. The van der Waals surface area contributed by atoms with Gasteiger partial charge in [0.2, 0.25) is 23.3 Å². The second-order valence-corrected chi connectivity index (χ2v) is 11.4. The molecule has 0 fully saturated rings. The Labute approximate surface area is 308 Å². The van der Waals surface area contributed by atoms with Crippen molar-refractivity contribution in [3.8, 4) is 11.1 Å². The molecule has 0 aliphatic rings. The van der Waals surface area contributed by atoms with Gasteiger partial charge in [0, 0.05) is 11.4 Å². The summed E-state index contributed by atoms with van der Waals surface area (Å²) in [7, 11) is 0. The molecule has 0 aromatic heterocycles. The SMILES string of the molecule is Fc1c(F)c(F)c(N(c2ccc(-c3ccc(N(c4c(F)c(F)c(F)c(F)c4F)c4c(F)c(F)c(F)c(F)c4F)cc3)cc2)c2c(F)c(F)c(F)c(F)c2F)c(F)c1F. The molecule has 0 atom stereocenters. The molecule has 0 heterocycles. The van der Waals surface area contributed by atoms with E-state index in [1.54, 1.807) is 0 Å². The first-order chi connectivity index (χ1) is 27.1. The second-order valence-electron chi connectivity index (χ2n) is 11.4. The summed E-state index contributed by atoms with van der Waals surface area (Å²) in [6.45, 7) is 0. The third-order valence-corrected chi connectivity index (χ3v) is 8.23. The van der Waals surface area contributed by atoms with Crippen molar-refractivity contribution in [3.05, 3.63) is 165 Å². The van der Waals surface area contributed by atoms with Gasteiger partial charge in [-0.15, -0.1) is 0 Å². The molecule has 302 valence electrons. The van der Waals surface area contributed by atoms with Crippen LogP contribution in [0.1, 0.15) is 0 Å². The lowest BCUT2D eigenvalue weighted by Gasteiger charge is -2.28. The molecule has 0 radical (unpaired) electrons. The first kappa shape index (κ1) is 41.2. The van der Waals surface area contributed by atoms with Gasteiger partial charge in [-0.25, -0.2) is 87.8 Å². The van der Waals surface area contributed by atoms with Crippen LogP contribution in [0.3, 0.4) is 0 Å². The summed E-state index contributed by atoms with van der Waals surface area (Å²) in [5.41, 5.74) is -11.5. The quantitative estimate of drug-likeness (QED) is 0.0897. The van der Waals surface area contributed by atoms with Crippen molar-refractivity contribution in [2.24, 2.45) is 0 Å². The minimum absolute atomic E-state index is 0.218. The van der Waals surface area contributed by atoms with Crippen LogP contribution in [0.25, 0.3) is 11.1 Å². The topological polar surface area (TPSA) is 6.48 Å². The summed E-state index contributed by atoms with van der Waals surface area (Å²) in [6.07, 6.45) is 0. The number of halogens is 20. The standard InChI is InChI=1S/C36H8F20N2/c37-13-17(41)25(49)33(26(50)18(13)42)57(34-27(51)19(43)14(38)20(44)28(34)52)11-5-1-9(2-6-11)10-3-7-12(8-4-10)58(35-29(53)21(45)15(39)22(46)30(35)54)36-31(55)23(47)16(40)24(48)32(36)56/h1-8H. The van der Waals surface area contributed by atoms with Gasteiger partial charge in [-0.1, -0.05) is 24.3 Å². The van der Waals surface area contributed by atoms with Gasteiger partial charge in [-0.2, -0.15) is 0 Å². The van der Waals surface area contributed by atoms with Gasteiger partial charge in [0.25, 0.3) is 0 Å². The Morgan fingerprint density at radius 2 is 0.328 bits per heavy atom. The van der Waals surface area contributed by atoms with Crippen LogP contribution in [-0.2, 0) is 0 Å². The molecule has 0 unspecified atom stereocenters. The molecule has 0 aliphatic heterocycles. The molecule has 0 saturated heterocycles. The van der Waals surface area contributed by atoms with Crippen LogP contribution in [0.4, 0.5) is 122 Å². The zero-order valence-corrected chi connectivity index (χ0v) is 27.1. The van der Waals surface area contributed by atoms with E-state index in [0.29, 0.717) is 24.3 Å². The van der Waals surface area contributed by atoms with E-state index < -0.39 is 160 Å². The van der Waals surface area contributed by atoms with Crippen molar-refractivity contribution in [1.82, 2.24) is 0 Å². The largest absolute Gasteiger partial charge is 0.300 e. The second kappa shape index (κ2) is 14.8. The van der Waals surface area contributed by atoms with Gasteiger partial charge in [0.05, 0.1) is 0 Å². The van der Waals surface area contributed by atoms with E-state index in [0.717, 1.165) is 24.3 Å². The van der Waals surface area contributed by atoms with Crippen LogP contribution in [-0.4, -0.2) is 0 Å². The molecular formula is C36H8F20N2. The van der Waals surface area contributed by atoms with Crippen LogP contribution in [0, 0.1) is 116 Å². The molecule has 6 aromatic carbocycles. The Morgan fingerprint density at radius 3 is 0.483 bits per heavy atom. The van der Waals surface area contributed by atoms with Gasteiger partial charge in [0.1, 0.15) is 22.7 Å². The van der Waals surface area contributed by atoms with E-state index in [9.17, 15) is 52.7 Å². The highest BCUT2D eigenvalue weighted by molar-refractivity contribution is 5.82. The molecule has 0 spiro atoms. The third-order valence-electron chi connectivity index (χ3n) is 8.23. The number of benzene rings is 6. The fourth-order valence-corrected chi connectivity index (χ4v) is 5.50. The van der Waals surface area contributed by atoms with E-state index in [-0.39, 0.29) is 11.1 Å². The van der Waals surface area contributed by atoms with Crippen LogP contribution >= 0.6 is 0 Å². The predicted molar refractivity (Wildman–Crippen MR) is 160 cm³/mol. The lowest BCUT2D eigenvalue weighted by atomic mass is 10.0. The summed E-state index contributed by atoms with van der Waals surface area (Å²) in [6, 6.07) is 5.32. The lowest BCUT2D eigenvalue weighted by molar-refractivity contribution is 0.375. The van der Waals surface area contributed by atoms with E-state index in [2.05, 4.69) is 0 Å². The monoisotopic (exact) mass is 848 g/mol.